The van der Waals surface area contributed by atoms with E-state index >= 15 is 0 Å². The summed E-state index contributed by atoms with van der Waals surface area (Å²) in [4.78, 5) is 29.5. The van der Waals surface area contributed by atoms with Crippen molar-refractivity contribution in [2.75, 3.05) is 33.9 Å². The number of ether oxygens (including phenoxy) is 2. The van der Waals surface area contributed by atoms with Crippen molar-refractivity contribution < 1.29 is 19.1 Å². The fourth-order valence-electron chi connectivity index (χ4n) is 4.51. The maximum Gasteiger partial charge on any atom is 0.246 e. The highest BCUT2D eigenvalue weighted by Crippen LogP contribution is 2.34. The average Bonchev–Trinajstić information content (AvgIpc) is 2.86. The zero-order valence-corrected chi connectivity index (χ0v) is 18.8. The minimum atomic E-state index is -0.0288. The third kappa shape index (κ3) is 4.79. The Kier molecular flexibility index (Phi) is 6.78. The van der Waals surface area contributed by atoms with Crippen molar-refractivity contribution in [3.05, 3.63) is 65.2 Å². The molecular formula is C26H30N2O4. The second-order valence-corrected chi connectivity index (χ2v) is 8.33. The molecule has 0 spiro atoms. The number of fused-ring (bicyclic) bond motifs is 1. The lowest BCUT2D eigenvalue weighted by atomic mass is 9.92. The molecule has 2 aliphatic rings. The van der Waals surface area contributed by atoms with Gasteiger partial charge in [0.25, 0.3) is 0 Å². The van der Waals surface area contributed by atoms with Crippen molar-refractivity contribution in [3.63, 3.8) is 0 Å². The van der Waals surface area contributed by atoms with Gasteiger partial charge in [-0.05, 0) is 54.2 Å². The number of hydrogen-bond acceptors (Lipinski definition) is 4. The van der Waals surface area contributed by atoms with E-state index in [0.29, 0.717) is 44.8 Å². The van der Waals surface area contributed by atoms with Gasteiger partial charge in [-0.15, -0.1) is 0 Å². The lowest BCUT2D eigenvalue weighted by Crippen LogP contribution is -2.45. The van der Waals surface area contributed by atoms with Crippen molar-refractivity contribution in [1.82, 2.24) is 9.80 Å². The number of carbonyl (C=O) groups is 2. The summed E-state index contributed by atoms with van der Waals surface area (Å²) in [5.74, 6) is 1.59. The Morgan fingerprint density at radius 3 is 2.22 bits per heavy atom. The number of hydrogen-bond donors (Lipinski definition) is 0. The Morgan fingerprint density at radius 1 is 0.906 bits per heavy atom. The molecule has 6 nitrogen and oxygen atoms in total. The molecule has 4 rings (SSSR count). The van der Waals surface area contributed by atoms with Crippen LogP contribution in [0.1, 0.15) is 29.5 Å². The molecule has 0 N–H and O–H groups in total. The SMILES string of the molecule is COc1cc2c(cc1OC)CN(C(=O)C1CCN(C(=O)/C=C/c3ccccc3)CC1)CC2. The van der Waals surface area contributed by atoms with Crippen molar-refractivity contribution in [2.45, 2.75) is 25.8 Å². The van der Waals surface area contributed by atoms with Crippen molar-refractivity contribution in [3.8, 4) is 11.5 Å². The van der Waals surface area contributed by atoms with Crippen molar-refractivity contribution >= 4 is 17.9 Å². The van der Waals surface area contributed by atoms with Gasteiger partial charge >= 0.3 is 0 Å². The minimum absolute atomic E-state index is 0.00712. The van der Waals surface area contributed by atoms with E-state index in [-0.39, 0.29) is 17.7 Å². The zero-order valence-electron chi connectivity index (χ0n) is 18.8. The normalized spacial score (nSPS) is 16.7. The first kappa shape index (κ1) is 21.9. The smallest absolute Gasteiger partial charge is 0.246 e. The summed E-state index contributed by atoms with van der Waals surface area (Å²) < 4.78 is 10.8. The summed E-state index contributed by atoms with van der Waals surface area (Å²) in [6, 6.07) is 13.8. The van der Waals surface area contributed by atoms with E-state index in [0.717, 1.165) is 23.3 Å². The molecule has 0 saturated carbocycles. The van der Waals surface area contributed by atoms with Gasteiger partial charge in [-0.1, -0.05) is 30.3 Å². The topological polar surface area (TPSA) is 59.1 Å². The second-order valence-electron chi connectivity index (χ2n) is 8.33. The third-order valence-corrected chi connectivity index (χ3v) is 6.40. The van der Waals surface area contributed by atoms with Crippen LogP contribution in [0.25, 0.3) is 6.08 Å². The zero-order chi connectivity index (χ0) is 22.5. The molecule has 168 valence electrons. The monoisotopic (exact) mass is 434 g/mol. The van der Waals surface area contributed by atoms with Crippen molar-refractivity contribution in [1.29, 1.82) is 0 Å². The Morgan fingerprint density at radius 2 is 1.56 bits per heavy atom. The van der Waals surface area contributed by atoms with Gasteiger partial charge in [0, 0.05) is 38.2 Å². The molecule has 0 unspecified atom stereocenters. The molecule has 32 heavy (non-hydrogen) atoms. The van der Waals surface area contributed by atoms with Crippen LogP contribution in [0, 0.1) is 5.92 Å². The van der Waals surface area contributed by atoms with Crippen LogP contribution in [0.2, 0.25) is 0 Å². The van der Waals surface area contributed by atoms with Gasteiger partial charge in [0.15, 0.2) is 11.5 Å². The van der Waals surface area contributed by atoms with Crippen LogP contribution in [0.4, 0.5) is 0 Å². The van der Waals surface area contributed by atoms with Gasteiger partial charge in [-0.3, -0.25) is 9.59 Å². The summed E-state index contributed by atoms with van der Waals surface area (Å²) in [6.07, 6.45) is 5.69. The number of carbonyl (C=O) groups excluding carboxylic acids is 2. The Labute approximate surface area is 189 Å². The fourth-order valence-corrected chi connectivity index (χ4v) is 4.51. The summed E-state index contributed by atoms with van der Waals surface area (Å²) in [6.45, 7) is 2.53. The molecule has 1 saturated heterocycles. The van der Waals surface area contributed by atoms with E-state index in [1.807, 2.05) is 58.3 Å². The van der Waals surface area contributed by atoms with Crippen molar-refractivity contribution in [2.24, 2.45) is 5.92 Å². The van der Waals surface area contributed by atoms with E-state index in [9.17, 15) is 9.59 Å². The van der Waals surface area contributed by atoms with Gasteiger partial charge < -0.3 is 19.3 Å². The molecule has 0 aliphatic carbocycles. The number of piperidine rings is 1. The Bertz CT molecular complexity index is 994. The largest absolute Gasteiger partial charge is 0.493 e. The van der Waals surface area contributed by atoms with Gasteiger partial charge in [0.1, 0.15) is 0 Å². The first-order valence-corrected chi connectivity index (χ1v) is 11.1. The predicted molar refractivity (Wildman–Crippen MR) is 123 cm³/mol. The molecule has 6 heteroatoms. The molecule has 0 bridgehead atoms. The van der Waals surface area contributed by atoms with E-state index < -0.39 is 0 Å². The van der Waals surface area contributed by atoms with E-state index in [1.165, 1.54) is 5.56 Å². The quantitative estimate of drug-likeness (QED) is 0.676. The highest BCUT2D eigenvalue weighted by molar-refractivity contribution is 5.92. The molecule has 0 radical (unpaired) electrons. The fraction of sp³-hybridized carbons (Fsp3) is 0.385. The molecule has 2 heterocycles. The minimum Gasteiger partial charge on any atom is -0.493 e. The highest BCUT2D eigenvalue weighted by Gasteiger charge is 2.31. The van der Waals surface area contributed by atoms with Gasteiger partial charge in [-0.2, -0.15) is 0 Å². The summed E-state index contributed by atoms with van der Waals surface area (Å²) >= 11 is 0. The second kappa shape index (κ2) is 9.90. The molecule has 0 atom stereocenters. The first-order chi connectivity index (χ1) is 15.6. The van der Waals surface area contributed by atoms with Crippen LogP contribution in [0.15, 0.2) is 48.5 Å². The molecule has 2 aliphatic heterocycles. The number of benzene rings is 2. The average molecular weight is 435 g/mol. The molecule has 2 aromatic carbocycles. The summed E-state index contributed by atoms with van der Waals surface area (Å²) in [7, 11) is 3.26. The van der Waals surface area contributed by atoms with E-state index in [1.54, 1.807) is 20.3 Å². The number of rotatable bonds is 5. The lowest BCUT2D eigenvalue weighted by Gasteiger charge is -2.36. The summed E-state index contributed by atoms with van der Waals surface area (Å²) in [5, 5.41) is 0. The van der Waals surface area contributed by atoms with E-state index in [2.05, 4.69) is 0 Å². The van der Waals surface area contributed by atoms with Crippen LogP contribution >= 0.6 is 0 Å². The number of likely N-dealkylation sites (tertiary alicyclic amines) is 1. The number of methoxy groups -OCH3 is 2. The number of amides is 2. The van der Waals surface area contributed by atoms with Gasteiger partial charge in [-0.25, -0.2) is 0 Å². The standard InChI is InChI=1S/C26H30N2O4/c1-31-23-16-21-12-15-28(18-22(21)17-24(23)32-2)26(30)20-10-13-27(14-11-20)25(29)9-8-19-6-4-3-5-7-19/h3-9,16-17,20H,10-15,18H2,1-2H3/b9-8+. The van der Waals surface area contributed by atoms with Crippen LogP contribution < -0.4 is 9.47 Å². The molecular weight excluding hydrogens is 404 g/mol. The van der Waals surface area contributed by atoms with Gasteiger partial charge in [0.05, 0.1) is 14.2 Å². The third-order valence-electron chi connectivity index (χ3n) is 6.40. The molecule has 2 aromatic rings. The first-order valence-electron chi connectivity index (χ1n) is 11.1. The van der Waals surface area contributed by atoms with Gasteiger partial charge in [0.2, 0.25) is 11.8 Å². The Balaban J connectivity index is 1.33. The molecule has 0 aromatic heterocycles. The number of nitrogens with zero attached hydrogens (tertiary/aromatic N) is 2. The van der Waals surface area contributed by atoms with Crippen LogP contribution in [0.5, 0.6) is 11.5 Å². The van der Waals surface area contributed by atoms with Crippen LogP contribution in [-0.4, -0.2) is 55.5 Å². The Hall–Kier alpha value is -3.28. The predicted octanol–water partition coefficient (Wildman–Crippen LogP) is 3.54. The van der Waals surface area contributed by atoms with Crippen LogP contribution in [0.3, 0.4) is 0 Å². The summed E-state index contributed by atoms with van der Waals surface area (Å²) in [5.41, 5.74) is 3.32. The van der Waals surface area contributed by atoms with Crippen LogP contribution in [-0.2, 0) is 22.6 Å². The maximum absolute atomic E-state index is 13.2. The molecule has 1 fully saturated rings. The lowest BCUT2D eigenvalue weighted by molar-refractivity contribution is -0.140. The van der Waals surface area contributed by atoms with E-state index in [4.69, 9.17) is 9.47 Å². The highest BCUT2D eigenvalue weighted by atomic mass is 16.5. The molecule has 2 amide bonds. The maximum atomic E-state index is 13.2.